The lowest BCUT2D eigenvalue weighted by molar-refractivity contribution is -0.00749. The van der Waals surface area contributed by atoms with Gasteiger partial charge in [-0.25, -0.2) is 4.39 Å². The second kappa shape index (κ2) is 9.47. The smallest absolute Gasteiger partial charge is 0.270 e. The van der Waals surface area contributed by atoms with Crippen LogP contribution in [0.15, 0.2) is 54.7 Å². The maximum absolute atomic E-state index is 13.6. The third kappa shape index (κ3) is 4.46. The Bertz CT molecular complexity index is 1340. The first-order valence-electron chi connectivity index (χ1n) is 12.6. The van der Waals surface area contributed by atoms with Crippen molar-refractivity contribution in [2.45, 2.75) is 31.2 Å². The third-order valence-corrected chi connectivity index (χ3v) is 7.73. The van der Waals surface area contributed by atoms with E-state index in [1.807, 2.05) is 4.90 Å². The molecular weight excluding hydrogens is 443 g/mol. The predicted molar refractivity (Wildman–Crippen MR) is 135 cm³/mol. The van der Waals surface area contributed by atoms with Crippen molar-refractivity contribution in [2.24, 2.45) is 0 Å². The number of nitrogens with one attached hydrogen (secondary N) is 2. The Morgan fingerprint density at radius 1 is 1.06 bits per heavy atom. The Hall–Kier alpha value is -3.16. The lowest BCUT2D eigenvalue weighted by atomic mass is 9.89. The fourth-order valence-electron chi connectivity index (χ4n) is 5.77. The van der Waals surface area contributed by atoms with Crippen LogP contribution in [-0.4, -0.2) is 71.1 Å². The Morgan fingerprint density at radius 2 is 1.91 bits per heavy atom. The summed E-state index contributed by atoms with van der Waals surface area (Å²) in [5.74, 6) is 0.256. The van der Waals surface area contributed by atoms with E-state index in [0.29, 0.717) is 31.4 Å². The Balaban J connectivity index is 1.07. The number of carbonyl (C=O) groups is 1. The van der Waals surface area contributed by atoms with Gasteiger partial charge in [0.25, 0.3) is 5.91 Å². The van der Waals surface area contributed by atoms with Crippen molar-refractivity contribution in [1.82, 2.24) is 19.8 Å². The van der Waals surface area contributed by atoms with E-state index in [-0.39, 0.29) is 17.8 Å². The average molecular weight is 475 g/mol. The predicted octanol–water partition coefficient (Wildman–Crippen LogP) is 4.90. The number of nitrogens with zero attached hydrogens (tertiary/aromatic N) is 2. The number of amides is 1. The van der Waals surface area contributed by atoms with Crippen LogP contribution in [0.1, 0.15) is 41.2 Å². The van der Waals surface area contributed by atoms with Crippen LogP contribution in [0, 0.1) is 5.82 Å². The van der Waals surface area contributed by atoms with E-state index in [1.54, 1.807) is 12.1 Å². The molecule has 2 fully saturated rings. The number of hydrogen-bond acceptors (Lipinski definition) is 3. The summed E-state index contributed by atoms with van der Waals surface area (Å²) in [4.78, 5) is 24.4. The van der Waals surface area contributed by atoms with Crippen LogP contribution < -0.4 is 0 Å². The van der Waals surface area contributed by atoms with Crippen LogP contribution in [0.2, 0.25) is 0 Å². The summed E-state index contributed by atoms with van der Waals surface area (Å²) in [7, 11) is 0. The number of halogens is 1. The molecule has 1 atom stereocenters. The highest BCUT2D eigenvalue weighted by Crippen LogP contribution is 2.33. The highest BCUT2D eigenvalue weighted by atomic mass is 19.1. The number of piperidine rings is 1. The van der Waals surface area contributed by atoms with Crippen LogP contribution in [0.4, 0.5) is 4.39 Å². The maximum Gasteiger partial charge on any atom is 0.270 e. The topological polar surface area (TPSA) is 64.4 Å². The number of para-hydroxylation sites is 1. The molecule has 0 unspecified atom stereocenters. The van der Waals surface area contributed by atoms with Gasteiger partial charge < -0.3 is 24.5 Å². The molecule has 4 heterocycles. The van der Waals surface area contributed by atoms with Crippen molar-refractivity contribution in [3.05, 3.63) is 71.8 Å². The fourth-order valence-corrected chi connectivity index (χ4v) is 5.77. The van der Waals surface area contributed by atoms with Gasteiger partial charge in [-0.3, -0.25) is 4.79 Å². The molecule has 7 heteroatoms. The molecule has 6 rings (SSSR count). The van der Waals surface area contributed by atoms with E-state index in [4.69, 9.17) is 4.74 Å². The molecule has 35 heavy (non-hydrogen) atoms. The molecule has 6 nitrogen and oxygen atoms in total. The zero-order chi connectivity index (χ0) is 23.8. The Morgan fingerprint density at radius 3 is 2.80 bits per heavy atom. The maximum atomic E-state index is 13.6. The van der Waals surface area contributed by atoms with Gasteiger partial charge in [-0.15, -0.1) is 0 Å². The monoisotopic (exact) mass is 474 g/mol. The van der Waals surface area contributed by atoms with Crippen molar-refractivity contribution in [3.8, 4) is 0 Å². The van der Waals surface area contributed by atoms with Crippen LogP contribution in [0.25, 0.3) is 21.8 Å². The minimum Gasteiger partial charge on any atom is -0.377 e. The van der Waals surface area contributed by atoms with E-state index in [0.717, 1.165) is 49.8 Å². The Kier molecular flexibility index (Phi) is 6.04. The van der Waals surface area contributed by atoms with Gasteiger partial charge in [0.2, 0.25) is 0 Å². The molecule has 1 amide bonds. The molecule has 2 saturated heterocycles. The summed E-state index contributed by atoms with van der Waals surface area (Å²) in [6.45, 7) is 4.78. The molecule has 2 aliphatic heterocycles. The molecule has 0 spiro atoms. The highest BCUT2D eigenvalue weighted by Gasteiger charge is 2.30. The minimum absolute atomic E-state index is 0.0343. The van der Waals surface area contributed by atoms with E-state index >= 15 is 0 Å². The summed E-state index contributed by atoms with van der Waals surface area (Å²) in [5, 5.41) is 2.07. The van der Waals surface area contributed by atoms with Gasteiger partial charge in [-0.05, 0) is 74.2 Å². The molecule has 2 N–H and O–H groups in total. The molecule has 2 aliphatic rings. The van der Waals surface area contributed by atoms with E-state index < -0.39 is 0 Å². The first-order valence-corrected chi connectivity index (χ1v) is 12.6. The second-order valence-corrected chi connectivity index (χ2v) is 9.84. The van der Waals surface area contributed by atoms with Crippen molar-refractivity contribution in [3.63, 3.8) is 0 Å². The van der Waals surface area contributed by atoms with Crippen molar-refractivity contribution in [1.29, 1.82) is 0 Å². The molecule has 0 aliphatic carbocycles. The summed E-state index contributed by atoms with van der Waals surface area (Å²) >= 11 is 0. The van der Waals surface area contributed by atoms with Crippen LogP contribution in [0.3, 0.4) is 0 Å². The molecule has 2 aromatic carbocycles. The standard InChI is InChI=1S/C28H31FN4O2/c29-21-5-6-25-20(15-21)16-27(31-25)28(34)33-13-14-35-18-22(33)9-12-32-10-7-19(8-11-32)24-17-30-26-4-2-1-3-23(24)26/h1-6,15-17,19,22,30-31H,7-14,18H2/t22-/m1/s1. The van der Waals surface area contributed by atoms with Gasteiger partial charge >= 0.3 is 0 Å². The quantitative estimate of drug-likeness (QED) is 0.433. The number of aromatic nitrogens is 2. The van der Waals surface area contributed by atoms with Crippen molar-refractivity contribution < 1.29 is 13.9 Å². The van der Waals surface area contributed by atoms with Gasteiger partial charge in [0.15, 0.2) is 0 Å². The van der Waals surface area contributed by atoms with Crippen molar-refractivity contribution >= 4 is 27.7 Å². The lowest BCUT2D eigenvalue weighted by Crippen LogP contribution is -2.50. The molecule has 2 aromatic heterocycles. The van der Waals surface area contributed by atoms with Gasteiger partial charge in [-0.1, -0.05) is 18.2 Å². The van der Waals surface area contributed by atoms with Crippen molar-refractivity contribution in [2.75, 3.05) is 39.4 Å². The number of benzene rings is 2. The zero-order valence-electron chi connectivity index (χ0n) is 19.8. The lowest BCUT2D eigenvalue weighted by Gasteiger charge is -2.38. The van der Waals surface area contributed by atoms with E-state index in [9.17, 15) is 9.18 Å². The Labute approximate surface area is 204 Å². The number of rotatable bonds is 5. The number of likely N-dealkylation sites (tertiary alicyclic amines) is 1. The molecule has 0 saturated carbocycles. The minimum atomic E-state index is -0.298. The summed E-state index contributed by atoms with van der Waals surface area (Å²) in [6, 6.07) is 14.9. The van der Waals surface area contributed by atoms with E-state index in [2.05, 4.69) is 45.3 Å². The molecule has 0 bridgehead atoms. The number of ether oxygens (including phenoxy) is 1. The molecule has 0 radical (unpaired) electrons. The normalized spacial score (nSPS) is 20.1. The molecule has 182 valence electrons. The molecular formula is C28H31FN4O2. The molecule has 4 aromatic rings. The van der Waals surface area contributed by atoms with Gasteiger partial charge in [0, 0.05) is 41.1 Å². The number of carbonyl (C=O) groups excluding carboxylic acids is 1. The SMILES string of the molecule is O=C(c1cc2cc(F)ccc2[nH]1)N1CCOC[C@H]1CCN1CCC(c2c[nH]c3ccccc23)CC1. The first kappa shape index (κ1) is 22.3. The zero-order valence-corrected chi connectivity index (χ0v) is 19.8. The number of aromatic amines is 2. The average Bonchev–Trinajstić information content (AvgIpc) is 3.52. The number of fused-ring (bicyclic) bond motifs is 2. The van der Waals surface area contributed by atoms with Gasteiger partial charge in [0.1, 0.15) is 11.5 Å². The highest BCUT2D eigenvalue weighted by molar-refractivity contribution is 5.98. The van der Waals surface area contributed by atoms with Gasteiger partial charge in [-0.2, -0.15) is 0 Å². The van der Waals surface area contributed by atoms with Gasteiger partial charge in [0.05, 0.1) is 19.3 Å². The summed E-state index contributed by atoms with van der Waals surface area (Å²) in [5.41, 5.74) is 3.94. The second-order valence-electron chi connectivity index (χ2n) is 9.84. The number of hydrogen-bond donors (Lipinski definition) is 2. The van der Waals surface area contributed by atoms with Crippen LogP contribution in [0.5, 0.6) is 0 Å². The summed E-state index contributed by atoms with van der Waals surface area (Å²) in [6.07, 6.45) is 5.37. The third-order valence-electron chi connectivity index (χ3n) is 7.73. The van der Waals surface area contributed by atoms with Crippen LogP contribution in [-0.2, 0) is 4.74 Å². The fraction of sp³-hybridized carbons (Fsp3) is 0.393. The van der Waals surface area contributed by atoms with E-state index in [1.165, 1.54) is 28.6 Å². The number of morpholine rings is 1. The van der Waals surface area contributed by atoms with Crippen LogP contribution >= 0.6 is 0 Å². The first-order chi connectivity index (χ1) is 17.2. The summed E-state index contributed by atoms with van der Waals surface area (Å²) < 4.78 is 19.3. The number of H-pyrrole nitrogens is 2. The largest absolute Gasteiger partial charge is 0.377 e.